The molecule has 0 radical (unpaired) electrons. The number of benzene rings is 19. The molecule has 0 saturated heterocycles. The van der Waals surface area contributed by atoms with E-state index in [-0.39, 0.29) is 6.71 Å². The zero-order chi connectivity index (χ0) is 82.7. The molecule has 0 unspecified atom stereocenters. The summed E-state index contributed by atoms with van der Waals surface area (Å²) in [5.41, 5.74) is 38.1. The van der Waals surface area contributed by atoms with Crippen LogP contribution in [0.15, 0.2) is 437 Å². The van der Waals surface area contributed by atoms with Gasteiger partial charge in [0.25, 0.3) is 6.71 Å². The van der Waals surface area contributed by atoms with E-state index >= 15 is 0 Å². The van der Waals surface area contributed by atoms with Crippen molar-refractivity contribution in [2.75, 3.05) is 9.80 Å². The smallest absolute Gasteiger partial charge is 0.252 e. The normalized spacial score (nSPS) is 12.6. The molecule has 19 aromatic carbocycles. The molecule has 6 nitrogen and oxygen atoms in total. The van der Waals surface area contributed by atoms with Crippen molar-refractivity contribution in [3.05, 3.63) is 442 Å². The lowest BCUT2D eigenvalue weighted by Crippen LogP contribution is -2.61. The third kappa shape index (κ3) is 11.3. The lowest BCUT2D eigenvalue weighted by Gasteiger charge is -2.46. The summed E-state index contributed by atoms with van der Waals surface area (Å²) in [6, 6.07) is 165. The van der Waals surface area contributed by atoms with Crippen LogP contribution in [0.2, 0.25) is 0 Å². The van der Waals surface area contributed by atoms with Crippen molar-refractivity contribution in [3.63, 3.8) is 0 Å². The molecular weight excluding hydrogens is 1510 g/mol. The molecule has 23 aromatic rings. The van der Waals surface area contributed by atoms with Gasteiger partial charge >= 0.3 is 0 Å². The number of anilines is 6. The van der Waals surface area contributed by atoms with Crippen molar-refractivity contribution in [2.45, 2.75) is 26.2 Å². The average molecular weight is 1590 g/mol. The van der Waals surface area contributed by atoms with Gasteiger partial charge in [-0.1, -0.05) is 324 Å². The number of hydrogen-bond acceptors (Lipinski definition) is 2. The Kier molecular flexibility index (Phi) is 16.3. The zero-order valence-electron chi connectivity index (χ0n) is 69.3. The molecule has 0 aliphatic carbocycles. The summed E-state index contributed by atoms with van der Waals surface area (Å²) >= 11 is 0. The highest BCUT2D eigenvalue weighted by atomic mass is 15.2. The van der Waals surface area contributed by atoms with Crippen LogP contribution in [0.5, 0.6) is 0 Å². The van der Waals surface area contributed by atoms with Gasteiger partial charge in [0.2, 0.25) is 0 Å². The summed E-state index contributed by atoms with van der Waals surface area (Å²) in [7, 11) is 0. The molecule has 7 heteroatoms. The van der Waals surface area contributed by atoms with E-state index in [1.54, 1.807) is 0 Å². The highest BCUT2D eigenvalue weighted by Gasteiger charge is 2.47. The Morgan fingerprint density at radius 1 is 0.192 bits per heavy atom. The van der Waals surface area contributed by atoms with E-state index in [2.05, 4.69) is 486 Å². The number of nitrogens with zero attached hydrogens (tertiary/aromatic N) is 6. The molecule has 0 saturated carbocycles. The fourth-order valence-electron chi connectivity index (χ4n) is 21.0. The largest absolute Gasteiger partial charge is 0.310 e. The second-order valence-electron chi connectivity index (χ2n) is 34.7. The van der Waals surface area contributed by atoms with Crippen LogP contribution in [0, 0.1) is 0 Å². The van der Waals surface area contributed by atoms with Gasteiger partial charge in [0.1, 0.15) is 0 Å². The monoisotopic (exact) mass is 1590 g/mol. The Labute approximate surface area is 725 Å². The van der Waals surface area contributed by atoms with E-state index in [9.17, 15) is 0 Å². The van der Waals surface area contributed by atoms with Crippen molar-refractivity contribution in [3.8, 4) is 89.5 Å². The predicted octanol–water partition coefficient (Wildman–Crippen LogP) is 29.5. The van der Waals surface area contributed by atoms with Crippen molar-refractivity contribution in [2.24, 2.45) is 0 Å². The zero-order valence-corrected chi connectivity index (χ0v) is 69.3. The number of hydrogen-bond donors (Lipinski definition) is 0. The summed E-state index contributed by atoms with van der Waals surface area (Å²) in [5, 5.41) is 9.56. The Hall–Kier alpha value is -16.0. The van der Waals surface area contributed by atoms with Crippen LogP contribution in [0.25, 0.3) is 177 Å². The fourth-order valence-corrected chi connectivity index (χ4v) is 21.0. The van der Waals surface area contributed by atoms with E-state index in [0.717, 1.165) is 146 Å². The molecule has 4 aromatic heterocycles. The van der Waals surface area contributed by atoms with Crippen LogP contribution in [-0.4, -0.2) is 25.0 Å². The van der Waals surface area contributed by atoms with Crippen LogP contribution in [-0.2, 0) is 5.41 Å². The minimum Gasteiger partial charge on any atom is -0.310 e. The quantitative estimate of drug-likeness (QED) is 0.114. The third-order valence-corrected chi connectivity index (χ3v) is 26.6. The maximum absolute atomic E-state index is 2.74. The number of para-hydroxylation sites is 6. The van der Waals surface area contributed by atoms with Crippen LogP contribution in [0.3, 0.4) is 0 Å². The van der Waals surface area contributed by atoms with E-state index in [1.165, 1.54) is 87.1 Å². The summed E-state index contributed by atoms with van der Waals surface area (Å²) in [6.07, 6.45) is 0. The van der Waals surface area contributed by atoms with Gasteiger partial charge in [0.15, 0.2) is 0 Å². The third-order valence-electron chi connectivity index (χ3n) is 26.6. The first-order valence-corrected chi connectivity index (χ1v) is 43.5. The number of fused-ring (bicyclic) bond motifs is 16. The van der Waals surface area contributed by atoms with Gasteiger partial charge < -0.3 is 28.1 Å². The molecule has 0 fully saturated rings. The van der Waals surface area contributed by atoms with E-state index in [0.29, 0.717) is 0 Å². The van der Waals surface area contributed by atoms with Gasteiger partial charge in [0, 0.05) is 111 Å². The van der Waals surface area contributed by atoms with Crippen molar-refractivity contribution >= 4 is 144 Å². The standard InChI is InChI=1S/C118H81BN6/c1-118(2,3)84-68-113-115-114(69-84)125(117-95(80-44-20-8-21-45-80)66-83(77-38-14-5-15-39-77)67-96(117)81-46-22-9-23-47-81)112-71-88(123-106-59-35-31-55-92(106)100-73-108-98(75-110(100)123)90-53-29-33-57-104(90)121(108)86-50-26-11-27-51-86)61-63-102(112)119(115)101-62-60-87(122-105-58-34-30-54-91(105)99-72-107-97(74-109(99)122)89-52-28-32-56-103(89)120(107)85-48-24-10-25-49-85)70-111(101)124(113)116-93(78-40-16-6-17-41-78)64-82(76-36-12-4-13-37-76)65-94(116)79-42-18-7-19-43-79/h4-75H,1-3H3. The minimum absolute atomic E-state index is 0.328. The van der Waals surface area contributed by atoms with Crippen molar-refractivity contribution in [1.29, 1.82) is 0 Å². The fraction of sp³-hybridized carbons (Fsp3) is 0.0339. The summed E-state index contributed by atoms with van der Waals surface area (Å²) in [4.78, 5) is 5.48. The summed E-state index contributed by atoms with van der Waals surface area (Å²) < 4.78 is 10.0. The van der Waals surface area contributed by atoms with Crippen molar-refractivity contribution < 1.29 is 0 Å². The molecule has 2 aliphatic rings. The summed E-state index contributed by atoms with van der Waals surface area (Å²) in [5.74, 6) is 0. The van der Waals surface area contributed by atoms with Crippen molar-refractivity contribution in [1.82, 2.24) is 18.3 Å². The topological polar surface area (TPSA) is 26.2 Å². The molecule has 0 spiro atoms. The first-order chi connectivity index (χ1) is 61.7. The lowest BCUT2D eigenvalue weighted by molar-refractivity contribution is 0.590. The maximum Gasteiger partial charge on any atom is 0.252 e. The van der Waals surface area contributed by atoms with Gasteiger partial charge in [-0.15, -0.1) is 0 Å². The lowest BCUT2D eigenvalue weighted by atomic mass is 9.33. The molecular formula is C118H81BN6. The Morgan fingerprint density at radius 3 is 0.736 bits per heavy atom. The second kappa shape index (κ2) is 28.3. The van der Waals surface area contributed by atoms with Gasteiger partial charge in [-0.25, -0.2) is 0 Å². The first-order valence-electron chi connectivity index (χ1n) is 43.5. The van der Waals surface area contributed by atoms with Gasteiger partial charge in [-0.05, 0) is 205 Å². The van der Waals surface area contributed by atoms with E-state index in [1.807, 2.05) is 0 Å². The SMILES string of the molecule is CC(C)(C)c1cc2c3c(c1)N(c1c(-c4ccccc4)cc(-c4ccccc4)cc1-c1ccccc1)c1cc(-n4c5ccccc5c5cc6c(cc54)c4ccccc4n6-c4ccccc4)ccc1B3c1ccc(-n3c4ccccc4c4cc5c(cc43)c3ccccc3n5-c3ccccc3)cc1N2c1c(-c2ccccc2)cc(-c2ccccc2)cc1-c1ccccc1. The van der Waals surface area contributed by atoms with Gasteiger partial charge in [-0.2, -0.15) is 0 Å². The molecule has 0 bridgehead atoms. The number of aromatic nitrogens is 4. The number of rotatable bonds is 12. The van der Waals surface area contributed by atoms with Gasteiger partial charge in [-0.3, -0.25) is 0 Å². The molecule has 0 amide bonds. The predicted molar refractivity (Wildman–Crippen MR) is 529 cm³/mol. The molecule has 25 rings (SSSR count). The Balaban J connectivity index is 0.837. The molecule has 0 atom stereocenters. The molecule has 2 aliphatic heterocycles. The molecule has 6 heterocycles. The van der Waals surface area contributed by atoms with Crippen LogP contribution in [0.4, 0.5) is 34.1 Å². The highest BCUT2D eigenvalue weighted by Crippen LogP contribution is 2.57. The second-order valence-corrected chi connectivity index (χ2v) is 34.7. The van der Waals surface area contributed by atoms with E-state index in [4.69, 9.17) is 0 Å². The molecule has 586 valence electrons. The van der Waals surface area contributed by atoms with Crippen LogP contribution < -0.4 is 26.2 Å². The molecule has 0 N–H and O–H groups in total. The Bertz CT molecular complexity index is 7690. The minimum atomic E-state index is -0.401. The maximum atomic E-state index is 2.74. The molecule has 125 heavy (non-hydrogen) atoms. The Morgan fingerprint density at radius 2 is 0.448 bits per heavy atom. The van der Waals surface area contributed by atoms with Gasteiger partial charge in [0.05, 0.1) is 55.5 Å². The van der Waals surface area contributed by atoms with Crippen LogP contribution >= 0.6 is 0 Å². The average Bonchev–Trinajstić information content (AvgIpc) is 1.26. The highest BCUT2D eigenvalue weighted by molar-refractivity contribution is 7.00. The first kappa shape index (κ1) is 71.9. The van der Waals surface area contributed by atoms with E-state index < -0.39 is 5.41 Å². The summed E-state index contributed by atoms with van der Waals surface area (Å²) in [6.45, 7) is 6.89. The van der Waals surface area contributed by atoms with Crippen LogP contribution in [0.1, 0.15) is 26.3 Å².